The minimum absolute atomic E-state index is 0.0790. The first-order valence-corrected chi connectivity index (χ1v) is 6.63. The van der Waals surface area contributed by atoms with Crippen LogP contribution in [0.5, 0.6) is 0 Å². The number of anilines is 3. The highest BCUT2D eigenvalue weighted by Gasteiger charge is 2.15. The van der Waals surface area contributed by atoms with Gasteiger partial charge in [-0.2, -0.15) is 15.0 Å². The number of rotatable bonds is 7. The minimum atomic E-state index is -0.413. The van der Waals surface area contributed by atoms with E-state index in [1.54, 1.807) is 18.9 Å². The SMILES string of the molecule is CCCNC(=O)C(C)Nc1nc(NC)nc(N(C)C)n1. The molecular formula is C12H23N7O. The van der Waals surface area contributed by atoms with Crippen molar-refractivity contribution in [2.24, 2.45) is 0 Å². The summed E-state index contributed by atoms with van der Waals surface area (Å²) in [7, 11) is 5.42. The second-order valence-electron chi connectivity index (χ2n) is 4.58. The van der Waals surface area contributed by atoms with Crippen molar-refractivity contribution in [3.05, 3.63) is 0 Å². The van der Waals surface area contributed by atoms with Gasteiger partial charge in [-0.3, -0.25) is 4.79 Å². The number of nitrogens with one attached hydrogen (secondary N) is 3. The van der Waals surface area contributed by atoms with E-state index in [-0.39, 0.29) is 5.91 Å². The van der Waals surface area contributed by atoms with Crippen molar-refractivity contribution in [2.45, 2.75) is 26.3 Å². The maximum atomic E-state index is 11.8. The molecule has 1 aromatic rings. The first-order valence-electron chi connectivity index (χ1n) is 6.63. The van der Waals surface area contributed by atoms with E-state index < -0.39 is 6.04 Å². The monoisotopic (exact) mass is 281 g/mol. The van der Waals surface area contributed by atoms with Gasteiger partial charge in [0, 0.05) is 27.7 Å². The molecule has 3 N–H and O–H groups in total. The van der Waals surface area contributed by atoms with E-state index in [1.165, 1.54) is 0 Å². The van der Waals surface area contributed by atoms with Gasteiger partial charge in [0.15, 0.2) is 0 Å². The fourth-order valence-electron chi connectivity index (χ4n) is 1.40. The highest BCUT2D eigenvalue weighted by atomic mass is 16.2. The summed E-state index contributed by atoms with van der Waals surface area (Å²) >= 11 is 0. The second-order valence-corrected chi connectivity index (χ2v) is 4.58. The van der Waals surface area contributed by atoms with Crippen LogP contribution < -0.4 is 20.9 Å². The van der Waals surface area contributed by atoms with Crippen LogP contribution in [0, 0.1) is 0 Å². The molecule has 20 heavy (non-hydrogen) atoms. The van der Waals surface area contributed by atoms with Gasteiger partial charge in [-0.05, 0) is 13.3 Å². The fraction of sp³-hybridized carbons (Fsp3) is 0.667. The van der Waals surface area contributed by atoms with Crippen molar-refractivity contribution >= 4 is 23.8 Å². The molecule has 1 atom stereocenters. The third kappa shape index (κ3) is 4.52. The van der Waals surface area contributed by atoms with E-state index >= 15 is 0 Å². The quantitative estimate of drug-likeness (QED) is 0.662. The normalized spacial score (nSPS) is 11.7. The molecule has 8 heteroatoms. The van der Waals surface area contributed by atoms with Crippen molar-refractivity contribution in [1.29, 1.82) is 0 Å². The van der Waals surface area contributed by atoms with Gasteiger partial charge in [-0.25, -0.2) is 0 Å². The molecule has 0 saturated carbocycles. The van der Waals surface area contributed by atoms with E-state index in [2.05, 4.69) is 30.9 Å². The molecule has 0 aliphatic heterocycles. The standard InChI is InChI=1S/C12H23N7O/c1-6-7-14-9(20)8(2)15-11-16-10(13-3)17-12(18-11)19(4)5/h8H,6-7H2,1-5H3,(H,14,20)(H2,13,15,16,17,18). The number of carbonyl (C=O) groups excluding carboxylic acids is 1. The predicted octanol–water partition coefficient (Wildman–Crippen LogP) is 0.306. The Labute approximate surface area is 119 Å². The van der Waals surface area contributed by atoms with E-state index in [4.69, 9.17) is 0 Å². The molecule has 1 heterocycles. The van der Waals surface area contributed by atoms with Crippen LogP contribution in [0.4, 0.5) is 17.8 Å². The summed E-state index contributed by atoms with van der Waals surface area (Å²) in [6, 6.07) is -0.413. The number of amides is 1. The molecule has 0 fully saturated rings. The van der Waals surface area contributed by atoms with E-state index in [0.29, 0.717) is 24.4 Å². The van der Waals surface area contributed by atoms with E-state index in [9.17, 15) is 4.79 Å². The zero-order chi connectivity index (χ0) is 15.1. The van der Waals surface area contributed by atoms with Gasteiger partial charge in [0.05, 0.1) is 0 Å². The average molecular weight is 281 g/mol. The first-order chi connectivity index (χ1) is 9.47. The minimum Gasteiger partial charge on any atom is -0.357 e. The molecule has 0 aromatic carbocycles. The third-order valence-electron chi connectivity index (χ3n) is 2.54. The highest BCUT2D eigenvalue weighted by molar-refractivity contribution is 5.83. The molecule has 1 rings (SSSR count). The molecule has 8 nitrogen and oxygen atoms in total. The lowest BCUT2D eigenvalue weighted by Gasteiger charge is -2.16. The third-order valence-corrected chi connectivity index (χ3v) is 2.54. The van der Waals surface area contributed by atoms with Gasteiger partial charge in [0.2, 0.25) is 23.8 Å². The molecule has 1 unspecified atom stereocenters. The van der Waals surface area contributed by atoms with E-state index in [1.807, 2.05) is 21.0 Å². The smallest absolute Gasteiger partial charge is 0.242 e. The van der Waals surface area contributed by atoms with Gasteiger partial charge in [0.1, 0.15) is 6.04 Å². The molecular weight excluding hydrogens is 258 g/mol. The number of carbonyl (C=O) groups is 1. The zero-order valence-corrected chi connectivity index (χ0v) is 12.7. The Hall–Kier alpha value is -2.12. The lowest BCUT2D eigenvalue weighted by atomic mass is 10.3. The average Bonchev–Trinajstić information content (AvgIpc) is 2.43. The molecule has 0 aliphatic rings. The highest BCUT2D eigenvalue weighted by Crippen LogP contribution is 2.11. The van der Waals surface area contributed by atoms with Gasteiger partial charge >= 0.3 is 0 Å². The molecule has 0 spiro atoms. The molecule has 0 saturated heterocycles. The summed E-state index contributed by atoms with van der Waals surface area (Å²) in [6.45, 7) is 4.43. The zero-order valence-electron chi connectivity index (χ0n) is 12.7. The Bertz CT molecular complexity index is 449. The summed E-state index contributed by atoms with van der Waals surface area (Å²) < 4.78 is 0. The summed E-state index contributed by atoms with van der Waals surface area (Å²) in [5, 5.41) is 8.67. The topological polar surface area (TPSA) is 95.1 Å². The van der Waals surface area contributed by atoms with Crippen molar-refractivity contribution < 1.29 is 4.79 Å². The summed E-state index contributed by atoms with van der Waals surface area (Å²) in [5.74, 6) is 1.26. The van der Waals surface area contributed by atoms with Crippen LogP contribution in [-0.2, 0) is 4.79 Å². The molecule has 0 aliphatic carbocycles. The van der Waals surface area contributed by atoms with Crippen LogP contribution in [-0.4, -0.2) is 54.6 Å². The summed E-state index contributed by atoms with van der Waals surface area (Å²) in [4.78, 5) is 26.2. The van der Waals surface area contributed by atoms with Gasteiger partial charge < -0.3 is 20.9 Å². The molecule has 1 amide bonds. The molecule has 0 radical (unpaired) electrons. The molecule has 1 aromatic heterocycles. The number of hydrogen-bond acceptors (Lipinski definition) is 7. The van der Waals surface area contributed by atoms with Crippen LogP contribution in [0.15, 0.2) is 0 Å². The molecule has 0 bridgehead atoms. The van der Waals surface area contributed by atoms with Gasteiger partial charge in [0.25, 0.3) is 0 Å². The van der Waals surface area contributed by atoms with Crippen molar-refractivity contribution in [3.63, 3.8) is 0 Å². The second kappa shape index (κ2) is 7.46. The Morgan fingerprint density at radius 2 is 1.90 bits per heavy atom. The van der Waals surface area contributed by atoms with Crippen LogP contribution in [0.2, 0.25) is 0 Å². The van der Waals surface area contributed by atoms with E-state index in [0.717, 1.165) is 6.42 Å². The van der Waals surface area contributed by atoms with Crippen LogP contribution >= 0.6 is 0 Å². The number of nitrogens with zero attached hydrogens (tertiary/aromatic N) is 4. The maximum Gasteiger partial charge on any atom is 0.242 e. The van der Waals surface area contributed by atoms with Crippen molar-refractivity contribution in [1.82, 2.24) is 20.3 Å². The Morgan fingerprint density at radius 1 is 1.25 bits per heavy atom. The first kappa shape index (κ1) is 15.9. The maximum absolute atomic E-state index is 11.8. The van der Waals surface area contributed by atoms with Crippen LogP contribution in [0.1, 0.15) is 20.3 Å². The largest absolute Gasteiger partial charge is 0.357 e. The predicted molar refractivity (Wildman–Crippen MR) is 80.1 cm³/mol. The number of hydrogen-bond donors (Lipinski definition) is 3. The number of aromatic nitrogens is 3. The summed E-state index contributed by atoms with van der Waals surface area (Å²) in [6.07, 6.45) is 0.902. The van der Waals surface area contributed by atoms with Crippen molar-refractivity contribution in [3.8, 4) is 0 Å². The van der Waals surface area contributed by atoms with Crippen LogP contribution in [0.25, 0.3) is 0 Å². The Balaban J connectivity index is 2.80. The Kier molecular flexibility index (Phi) is 5.95. The van der Waals surface area contributed by atoms with Crippen molar-refractivity contribution in [2.75, 3.05) is 43.2 Å². The summed E-state index contributed by atoms with van der Waals surface area (Å²) in [5.41, 5.74) is 0. The van der Waals surface area contributed by atoms with Gasteiger partial charge in [-0.1, -0.05) is 6.92 Å². The molecule has 112 valence electrons. The lowest BCUT2D eigenvalue weighted by molar-refractivity contribution is -0.121. The Morgan fingerprint density at radius 3 is 2.45 bits per heavy atom. The van der Waals surface area contributed by atoms with Crippen LogP contribution in [0.3, 0.4) is 0 Å². The van der Waals surface area contributed by atoms with Gasteiger partial charge in [-0.15, -0.1) is 0 Å². The fourth-order valence-corrected chi connectivity index (χ4v) is 1.40. The lowest BCUT2D eigenvalue weighted by Crippen LogP contribution is -2.38.